The Hall–Kier alpha value is -0.200. The Morgan fingerprint density at radius 2 is 1.95 bits per heavy atom. The lowest BCUT2D eigenvalue weighted by Gasteiger charge is -2.36. The van der Waals surface area contributed by atoms with Gasteiger partial charge in [-0.25, -0.2) is 0 Å². The van der Waals surface area contributed by atoms with Gasteiger partial charge in [0.1, 0.15) is 0 Å². The van der Waals surface area contributed by atoms with Crippen molar-refractivity contribution in [3.05, 3.63) is 0 Å². The first-order chi connectivity index (χ1) is 9.71. The lowest BCUT2D eigenvalue weighted by Crippen LogP contribution is -2.51. The van der Waals surface area contributed by atoms with Crippen molar-refractivity contribution < 1.29 is 14.6 Å². The number of methoxy groups -OCH3 is 2. The Labute approximate surface area is 130 Å². The van der Waals surface area contributed by atoms with Crippen molar-refractivity contribution in [2.45, 2.75) is 65.0 Å². The van der Waals surface area contributed by atoms with E-state index in [4.69, 9.17) is 9.47 Å². The molecule has 1 aliphatic rings. The Balaban J connectivity index is 2.46. The van der Waals surface area contributed by atoms with Gasteiger partial charge in [-0.2, -0.15) is 0 Å². The molecule has 2 N–H and O–H groups in total. The average molecular weight is 302 g/mol. The van der Waals surface area contributed by atoms with Crippen LogP contribution < -0.4 is 5.32 Å². The molecule has 1 fully saturated rings. The minimum Gasteiger partial charge on any atom is -0.383 e. The standard InChI is InChI=1S/C16H34N2O3/c1-15(2,11-16(3,4)21-6)12-17-14(19)18-9-7-8-13(18)10-20-5/h13-14,17,19H,7-12H2,1-6H3. The molecule has 2 unspecified atom stereocenters. The van der Waals surface area contributed by atoms with Gasteiger partial charge in [0.15, 0.2) is 6.35 Å². The number of likely N-dealkylation sites (tertiary alicyclic amines) is 1. The van der Waals surface area contributed by atoms with E-state index in [1.165, 1.54) is 0 Å². The van der Waals surface area contributed by atoms with E-state index in [2.05, 4.69) is 37.9 Å². The number of aliphatic hydroxyl groups excluding tert-OH is 1. The van der Waals surface area contributed by atoms with Crippen LogP contribution in [-0.4, -0.2) is 61.9 Å². The van der Waals surface area contributed by atoms with Gasteiger partial charge >= 0.3 is 0 Å². The van der Waals surface area contributed by atoms with Gasteiger partial charge in [-0.05, 0) is 38.5 Å². The monoisotopic (exact) mass is 302 g/mol. The van der Waals surface area contributed by atoms with Crippen LogP contribution in [-0.2, 0) is 9.47 Å². The van der Waals surface area contributed by atoms with Crippen molar-refractivity contribution in [2.75, 3.05) is 33.9 Å². The Morgan fingerprint density at radius 1 is 1.29 bits per heavy atom. The third-order valence-electron chi connectivity index (χ3n) is 4.32. The largest absolute Gasteiger partial charge is 0.383 e. The summed E-state index contributed by atoms with van der Waals surface area (Å²) in [6.07, 6.45) is 2.54. The second-order valence-electron chi connectivity index (χ2n) is 7.55. The van der Waals surface area contributed by atoms with Crippen LogP contribution in [0.1, 0.15) is 47.0 Å². The van der Waals surface area contributed by atoms with Crippen LogP contribution in [0.15, 0.2) is 0 Å². The van der Waals surface area contributed by atoms with Gasteiger partial charge in [0.25, 0.3) is 0 Å². The molecular weight excluding hydrogens is 268 g/mol. The summed E-state index contributed by atoms with van der Waals surface area (Å²) in [5, 5.41) is 13.7. The molecule has 1 rings (SSSR count). The van der Waals surface area contributed by atoms with Crippen LogP contribution in [0, 0.1) is 5.41 Å². The molecule has 1 heterocycles. The molecule has 5 nitrogen and oxygen atoms in total. The second kappa shape index (κ2) is 7.88. The van der Waals surface area contributed by atoms with Gasteiger partial charge in [-0.3, -0.25) is 10.2 Å². The minimum absolute atomic E-state index is 0.0525. The van der Waals surface area contributed by atoms with E-state index in [9.17, 15) is 5.11 Å². The minimum atomic E-state index is -0.599. The third kappa shape index (κ3) is 6.20. The van der Waals surface area contributed by atoms with Crippen molar-refractivity contribution >= 4 is 0 Å². The summed E-state index contributed by atoms with van der Waals surface area (Å²) in [5.41, 5.74) is -0.0979. The summed E-state index contributed by atoms with van der Waals surface area (Å²) in [7, 11) is 3.46. The van der Waals surface area contributed by atoms with Crippen LogP contribution in [0.25, 0.3) is 0 Å². The fourth-order valence-electron chi connectivity index (χ4n) is 3.32. The van der Waals surface area contributed by atoms with Crippen molar-refractivity contribution in [3.63, 3.8) is 0 Å². The van der Waals surface area contributed by atoms with Crippen LogP contribution in [0.2, 0.25) is 0 Å². The average Bonchev–Trinajstić information content (AvgIpc) is 2.84. The van der Waals surface area contributed by atoms with Gasteiger partial charge < -0.3 is 14.6 Å². The number of hydrogen-bond donors (Lipinski definition) is 2. The van der Waals surface area contributed by atoms with Crippen LogP contribution in [0.3, 0.4) is 0 Å². The summed E-state index contributed by atoms with van der Waals surface area (Å²) < 4.78 is 10.7. The molecule has 1 saturated heterocycles. The summed E-state index contributed by atoms with van der Waals surface area (Å²) in [6.45, 7) is 10.9. The number of hydrogen-bond acceptors (Lipinski definition) is 5. The van der Waals surface area contributed by atoms with Gasteiger partial charge in [0.05, 0.1) is 12.2 Å². The predicted molar refractivity (Wildman–Crippen MR) is 85.1 cm³/mol. The van der Waals surface area contributed by atoms with Gasteiger partial charge in [-0.15, -0.1) is 0 Å². The zero-order chi connectivity index (χ0) is 16.1. The number of nitrogens with zero attached hydrogens (tertiary/aromatic N) is 1. The third-order valence-corrected chi connectivity index (χ3v) is 4.32. The van der Waals surface area contributed by atoms with E-state index in [1.807, 2.05) is 0 Å². The molecule has 126 valence electrons. The lowest BCUT2D eigenvalue weighted by atomic mass is 9.81. The Bertz CT molecular complexity index is 308. The van der Waals surface area contributed by atoms with Crippen LogP contribution in [0.4, 0.5) is 0 Å². The lowest BCUT2D eigenvalue weighted by molar-refractivity contribution is -0.0569. The van der Waals surface area contributed by atoms with E-state index >= 15 is 0 Å². The summed E-state index contributed by atoms with van der Waals surface area (Å²) in [6, 6.07) is 0.316. The van der Waals surface area contributed by atoms with E-state index in [0.717, 1.165) is 32.4 Å². The van der Waals surface area contributed by atoms with E-state index in [-0.39, 0.29) is 11.0 Å². The number of aliphatic hydroxyl groups is 1. The highest BCUT2D eigenvalue weighted by Crippen LogP contribution is 2.29. The fraction of sp³-hybridized carbons (Fsp3) is 1.00. The molecule has 5 heteroatoms. The highest BCUT2D eigenvalue weighted by Gasteiger charge is 2.32. The zero-order valence-electron chi connectivity index (χ0n) is 14.6. The Kier molecular flexibility index (Phi) is 7.07. The van der Waals surface area contributed by atoms with Crippen LogP contribution >= 0.6 is 0 Å². The number of rotatable bonds is 9. The van der Waals surface area contributed by atoms with Crippen LogP contribution in [0.5, 0.6) is 0 Å². The van der Waals surface area contributed by atoms with Gasteiger partial charge in [0, 0.05) is 33.4 Å². The molecular formula is C16H34N2O3. The SMILES string of the molecule is COCC1CCCN1C(O)NCC(C)(C)CC(C)(C)OC. The maximum absolute atomic E-state index is 10.4. The summed E-state index contributed by atoms with van der Waals surface area (Å²) in [5.74, 6) is 0. The zero-order valence-corrected chi connectivity index (χ0v) is 14.6. The first kappa shape index (κ1) is 18.8. The number of nitrogens with one attached hydrogen (secondary N) is 1. The Morgan fingerprint density at radius 3 is 2.52 bits per heavy atom. The molecule has 0 saturated carbocycles. The maximum atomic E-state index is 10.4. The first-order valence-electron chi connectivity index (χ1n) is 7.92. The molecule has 0 aromatic carbocycles. The van der Waals surface area contributed by atoms with Crippen molar-refractivity contribution in [1.29, 1.82) is 0 Å². The van der Waals surface area contributed by atoms with E-state index in [0.29, 0.717) is 12.6 Å². The molecule has 0 radical (unpaired) electrons. The van der Waals surface area contributed by atoms with Gasteiger partial charge in [0.2, 0.25) is 0 Å². The maximum Gasteiger partial charge on any atom is 0.163 e. The fourth-order valence-corrected chi connectivity index (χ4v) is 3.32. The highest BCUT2D eigenvalue weighted by atomic mass is 16.5. The van der Waals surface area contributed by atoms with Crippen molar-refractivity contribution in [2.24, 2.45) is 5.41 Å². The highest BCUT2D eigenvalue weighted by molar-refractivity contribution is 4.84. The van der Waals surface area contributed by atoms with E-state index in [1.54, 1.807) is 14.2 Å². The molecule has 0 amide bonds. The molecule has 0 spiro atoms. The normalized spacial score (nSPS) is 22.7. The van der Waals surface area contributed by atoms with E-state index < -0.39 is 6.35 Å². The van der Waals surface area contributed by atoms with Crippen molar-refractivity contribution in [3.8, 4) is 0 Å². The molecule has 0 bridgehead atoms. The molecule has 0 aliphatic carbocycles. The number of ether oxygens (including phenoxy) is 2. The molecule has 1 aliphatic heterocycles. The quantitative estimate of drug-likeness (QED) is 0.636. The summed E-state index contributed by atoms with van der Waals surface area (Å²) >= 11 is 0. The first-order valence-corrected chi connectivity index (χ1v) is 7.92. The van der Waals surface area contributed by atoms with Gasteiger partial charge in [-0.1, -0.05) is 13.8 Å². The summed E-state index contributed by atoms with van der Waals surface area (Å²) in [4.78, 5) is 2.10. The molecule has 21 heavy (non-hydrogen) atoms. The predicted octanol–water partition coefficient (Wildman–Crippen LogP) is 1.80. The molecule has 0 aromatic rings. The molecule has 2 atom stereocenters. The smallest absolute Gasteiger partial charge is 0.163 e. The van der Waals surface area contributed by atoms with Crippen molar-refractivity contribution in [1.82, 2.24) is 10.2 Å². The molecule has 0 aromatic heterocycles. The second-order valence-corrected chi connectivity index (χ2v) is 7.55. The topological polar surface area (TPSA) is 54.0 Å².